The van der Waals surface area contributed by atoms with Gasteiger partial charge in [-0.2, -0.15) is 0 Å². The first-order valence-electron chi connectivity index (χ1n) is 3.68. The van der Waals surface area contributed by atoms with E-state index in [1.165, 1.54) is 0 Å². The van der Waals surface area contributed by atoms with Crippen LogP contribution in [0.5, 0.6) is 0 Å². The molecule has 1 N–H and O–H groups in total. The summed E-state index contributed by atoms with van der Waals surface area (Å²) < 4.78 is 0. The van der Waals surface area contributed by atoms with Crippen LogP contribution >= 0.6 is 11.6 Å². The molecule has 0 atom stereocenters. The van der Waals surface area contributed by atoms with Gasteiger partial charge in [0.2, 0.25) is 0 Å². The molecular weight excluding hydrogens is 184 g/mol. The van der Waals surface area contributed by atoms with Crippen LogP contribution in [0.4, 0.5) is 0 Å². The Labute approximate surface area is 82.4 Å². The van der Waals surface area contributed by atoms with E-state index in [2.05, 4.69) is 23.7 Å². The van der Waals surface area contributed by atoms with Crippen molar-refractivity contribution in [2.24, 2.45) is 0 Å². The van der Waals surface area contributed by atoms with Crippen molar-refractivity contribution in [2.45, 2.75) is 0 Å². The predicted molar refractivity (Wildman–Crippen MR) is 53.2 cm³/mol. The molecule has 1 nitrogen and oxygen atoms in total. The van der Waals surface area contributed by atoms with E-state index in [0.717, 1.165) is 5.56 Å². The van der Waals surface area contributed by atoms with Gasteiger partial charge in [0, 0.05) is 10.6 Å². The lowest BCUT2D eigenvalue weighted by Gasteiger charge is -1.88. The van der Waals surface area contributed by atoms with Gasteiger partial charge in [0.25, 0.3) is 0 Å². The van der Waals surface area contributed by atoms with Gasteiger partial charge in [0.15, 0.2) is 0 Å². The Morgan fingerprint density at radius 1 is 1.15 bits per heavy atom. The van der Waals surface area contributed by atoms with Crippen LogP contribution in [-0.2, 0) is 0 Å². The Bertz CT molecular complexity index is 384. The molecule has 0 amide bonds. The van der Waals surface area contributed by atoms with E-state index >= 15 is 0 Å². The van der Waals surface area contributed by atoms with Gasteiger partial charge in [-0.1, -0.05) is 23.4 Å². The molecule has 0 saturated carbocycles. The SMILES string of the molecule is OCC#CC#Cc1ccc(Cl)cc1. The summed E-state index contributed by atoms with van der Waals surface area (Å²) in [5.41, 5.74) is 0.858. The largest absolute Gasteiger partial charge is 0.384 e. The van der Waals surface area contributed by atoms with Crippen LogP contribution in [0.1, 0.15) is 5.56 Å². The zero-order chi connectivity index (χ0) is 9.52. The summed E-state index contributed by atoms with van der Waals surface area (Å²) >= 11 is 5.69. The fraction of sp³-hybridized carbons (Fsp3) is 0.0909. The van der Waals surface area contributed by atoms with Gasteiger partial charge in [0.1, 0.15) is 6.61 Å². The second kappa shape index (κ2) is 5.27. The van der Waals surface area contributed by atoms with Crippen LogP contribution in [0.3, 0.4) is 0 Å². The summed E-state index contributed by atoms with van der Waals surface area (Å²) in [4.78, 5) is 0. The van der Waals surface area contributed by atoms with Crippen molar-refractivity contribution >= 4 is 11.6 Å². The first-order chi connectivity index (χ1) is 6.33. The normalized spacial score (nSPS) is 7.85. The van der Waals surface area contributed by atoms with E-state index in [4.69, 9.17) is 16.7 Å². The molecule has 1 aromatic rings. The molecule has 0 bridgehead atoms. The molecule has 0 aromatic heterocycles. The standard InChI is InChI=1S/C11H7ClO/c12-11-7-5-10(6-8-11)4-2-1-3-9-13/h5-8,13H,9H2. The molecule has 64 valence electrons. The lowest BCUT2D eigenvalue weighted by Crippen LogP contribution is -1.72. The highest BCUT2D eigenvalue weighted by Crippen LogP contribution is 2.07. The minimum atomic E-state index is -0.157. The van der Waals surface area contributed by atoms with Crippen molar-refractivity contribution in [1.82, 2.24) is 0 Å². The van der Waals surface area contributed by atoms with Gasteiger partial charge in [-0.25, -0.2) is 0 Å². The second-order valence-corrected chi connectivity index (χ2v) is 2.65. The van der Waals surface area contributed by atoms with Gasteiger partial charge in [-0.3, -0.25) is 0 Å². The highest BCUT2D eigenvalue weighted by molar-refractivity contribution is 6.30. The molecule has 0 heterocycles. The maximum atomic E-state index is 8.34. The Hall–Kier alpha value is -1.41. The van der Waals surface area contributed by atoms with E-state index in [-0.39, 0.29) is 6.61 Å². The summed E-state index contributed by atoms with van der Waals surface area (Å²) in [5, 5.41) is 9.03. The van der Waals surface area contributed by atoms with E-state index in [1.807, 2.05) is 12.1 Å². The van der Waals surface area contributed by atoms with Crippen LogP contribution < -0.4 is 0 Å². The summed E-state index contributed by atoms with van der Waals surface area (Å²) in [5.74, 6) is 10.4. The zero-order valence-electron chi connectivity index (χ0n) is 6.84. The van der Waals surface area contributed by atoms with Crippen LogP contribution in [0.2, 0.25) is 5.02 Å². The van der Waals surface area contributed by atoms with Crippen molar-refractivity contribution in [3.05, 3.63) is 34.9 Å². The zero-order valence-corrected chi connectivity index (χ0v) is 7.60. The Balaban J connectivity index is 2.72. The lowest BCUT2D eigenvalue weighted by molar-refractivity contribution is 0.350. The number of aliphatic hydroxyl groups is 1. The van der Waals surface area contributed by atoms with E-state index < -0.39 is 0 Å². The summed E-state index contributed by atoms with van der Waals surface area (Å²) in [6, 6.07) is 7.17. The fourth-order valence-electron chi connectivity index (χ4n) is 0.720. The number of hydrogen-bond donors (Lipinski definition) is 1. The quantitative estimate of drug-likeness (QED) is 0.618. The molecular formula is C11H7ClO. The molecule has 0 unspecified atom stereocenters. The molecule has 1 aromatic carbocycles. The molecule has 0 radical (unpaired) electrons. The molecule has 0 aliphatic carbocycles. The first kappa shape index (κ1) is 9.68. The van der Waals surface area contributed by atoms with Gasteiger partial charge < -0.3 is 5.11 Å². The first-order valence-corrected chi connectivity index (χ1v) is 4.06. The second-order valence-electron chi connectivity index (χ2n) is 2.22. The minimum absolute atomic E-state index is 0.157. The summed E-state index contributed by atoms with van der Waals surface area (Å²) in [6.07, 6.45) is 0. The van der Waals surface area contributed by atoms with Crippen LogP contribution in [0.25, 0.3) is 0 Å². The van der Waals surface area contributed by atoms with Gasteiger partial charge >= 0.3 is 0 Å². The average molecular weight is 191 g/mol. The Morgan fingerprint density at radius 3 is 2.46 bits per heavy atom. The summed E-state index contributed by atoms with van der Waals surface area (Å²) in [6.45, 7) is -0.157. The summed E-state index contributed by atoms with van der Waals surface area (Å²) in [7, 11) is 0. The number of rotatable bonds is 0. The molecule has 0 saturated heterocycles. The Kier molecular flexibility index (Phi) is 3.93. The molecule has 13 heavy (non-hydrogen) atoms. The van der Waals surface area contributed by atoms with E-state index in [1.54, 1.807) is 12.1 Å². The number of aliphatic hydroxyl groups excluding tert-OH is 1. The maximum absolute atomic E-state index is 8.34. The number of halogens is 1. The Morgan fingerprint density at radius 2 is 1.85 bits per heavy atom. The third-order valence-corrected chi connectivity index (χ3v) is 1.53. The fourth-order valence-corrected chi connectivity index (χ4v) is 0.846. The highest BCUT2D eigenvalue weighted by atomic mass is 35.5. The van der Waals surface area contributed by atoms with Crippen molar-refractivity contribution in [3.8, 4) is 23.7 Å². The van der Waals surface area contributed by atoms with Crippen LogP contribution in [0.15, 0.2) is 24.3 Å². The monoisotopic (exact) mass is 190 g/mol. The molecule has 0 spiro atoms. The number of benzene rings is 1. The van der Waals surface area contributed by atoms with Crippen LogP contribution in [0, 0.1) is 23.7 Å². The molecule has 2 heteroatoms. The van der Waals surface area contributed by atoms with Crippen molar-refractivity contribution < 1.29 is 5.11 Å². The van der Waals surface area contributed by atoms with Gasteiger partial charge in [-0.05, 0) is 36.1 Å². The predicted octanol–water partition coefficient (Wildman–Crippen LogP) is 1.69. The van der Waals surface area contributed by atoms with E-state index in [0.29, 0.717) is 5.02 Å². The van der Waals surface area contributed by atoms with Gasteiger partial charge in [0.05, 0.1) is 0 Å². The molecule has 0 aliphatic heterocycles. The molecule has 0 aliphatic rings. The molecule has 1 rings (SSSR count). The number of hydrogen-bond acceptors (Lipinski definition) is 1. The smallest absolute Gasteiger partial charge is 0.105 e. The van der Waals surface area contributed by atoms with Gasteiger partial charge in [-0.15, -0.1) is 0 Å². The third-order valence-electron chi connectivity index (χ3n) is 1.28. The average Bonchev–Trinajstić information content (AvgIpc) is 2.15. The lowest BCUT2D eigenvalue weighted by atomic mass is 10.2. The topological polar surface area (TPSA) is 20.2 Å². The highest BCUT2D eigenvalue weighted by Gasteiger charge is 1.85. The maximum Gasteiger partial charge on any atom is 0.105 e. The van der Waals surface area contributed by atoms with E-state index in [9.17, 15) is 0 Å². The van der Waals surface area contributed by atoms with Crippen molar-refractivity contribution in [3.63, 3.8) is 0 Å². The minimum Gasteiger partial charge on any atom is -0.384 e. The molecule has 0 fully saturated rings. The van der Waals surface area contributed by atoms with Crippen molar-refractivity contribution in [1.29, 1.82) is 0 Å². The van der Waals surface area contributed by atoms with Crippen LogP contribution in [-0.4, -0.2) is 11.7 Å². The van der Waals surface area contributed by atoms with Crippen molar-refractivity contribution in [2.75, 3.05) is 6.61 Å². The third kappa shape index (κ3) is 3.67.